The number of nitrogens with one attached hydrogen (secondary N) is 2. The summed E-state index contributed by atoms with van der Waals surface area (Å²) in [6.45, 7) is 3.75. The minimum absolute atomic E-state index is 0.106. The van der Waals surface area contributed by atoms with Crippen LogP contribution in [0.4, 0.5) is 11.4 Å². The molecule has 0 unspecified atom stereocenters. The van der Waals surface area contributed by atoms with E-state index >= 15 is 0 Å². The molecule has 7 heteroatoms. The number of carbonyl (C=O) groups is 2. The number of fused-ring (bicyclic) bond motifs is 1. The van der Waals surface area contributed by atoms with Gasteiger partial charge in [-0.3, -0.25) is 9.59 Å². The van der Waals surface area contributed by atoms with E-state index in [1.54, 1.807) is 49.6 Å². The zero-order chi connectivity index (χ0) is 19.4. The van der Waals surface area contributed by atoms with Gasteiger partial charge in [-0.25, -0.2) is 0 Å². The Morgan fingerprint density at radius 2 is 1.89 bits per heavy atom. The molecule has 2 N–H and O–H groups in total. The minimum Gasteiger partial charge on any atom is -0.497 e. The van der Waals surface area contributed by atoms with E-state index < -0.39 is 5.41 Å². The second kappa shape index (κ2) is 7.57. The Kier molecular flexibility index (Phi) is 5.21. The van der Waals surface area contributed by atoms with Crippen molar-refractivity contribution in [1.82, 2.24) is 0 Å². The van der Waals surface area contributed by atoms with Crippen molar-refractivity contribution in [2.45, 2.75) is 13.8 Å². The van der Waals surface area contributed by atoms with Crippen LogP contribution in [0.2, 0.25) is 0 Å². The van der Waals surface area contributed by atoms with Crippen LogP contribution in [-0.4, -0.2) is 32.1 Å². The summed E-state index contributed by atoms with van der Waals surface area (Å²) < 4.78 is 16.3. The number of amides is 2. The molecule has 3 rings (SSSR count). The smallest absolute Gasteiger partial charge is 0.262 e. The molecule has 0 saturated heterocycles. The molecule has 0 atom stereocenters. The Bertz CT molecular complexity index is 846. The van der Waals surface area contributed by atoms with E-state index in [1.807, 2.05) is 13.8 Å². The number of hydrogen-bond donors (Lipinski definition) is 2. The topological polar surface area (TPSA) is 85.9 Å². The molecule has 0 radical (unpaired) electrons. The van der Waals surface area contributed by atoms with Gasteiger partial charge in [0, 0.05) is 11.8 Å². The fourth-order valence-corrected chi connectivity index (χ4v) is 2.46. The van der Waals surface area contributed by atoms with Crippen molar-refractivity contribution in [2.75, 3.05) is 31.0 Å². The van der Waals surface area contributed by atoms with Gasteiger partial charge in [0.2, 0.25) is 5.91 Å². The van der Waals surface area contributed by atoms with Crippen LogP contribution < -0.4 is 24.8 Å². The molecule has 142 valence electrons. The summed E-state index contributed by atoms with van der Waals surface area (Å²) in [6.07, 6.45) is 0. The van der Waals surface area contributed by atoms with Crippen LogP contribution >= 0.6 is 0 Å². The van der Waals surface area contributed by atoms with Crippen LogP contribution in [0.25, 0.3) is 0 Å². The van der Waals surface area contributed by atoms with Crippen molar-refractivity contribution in [3.63, 3.8) is 0 Å². The van der Waals surface area contributed by atoms with Gasteiger partial charge >= 0.3 is 0 Å². The highest BCUT2D eigenvalue weighted by molar-refractivity contribution is 5.98. The van der Waals surface area contributed by atoms with Crippen LogP contribution in [0.3, 0.4) is 0 Å². The van der Waals surface area contributed by atoms with Crippen LogP contribution in [-0.2, 0) is 9.59 Å². The van der Waals surface area contributed by atoms with Gasteiger partial charge in [-0.15, -0.1) is 0 Å². The minimum atomic E-state index is -0.630. The molecule has 0 aromatic heterocycles. The number of carbonyl (C=O) groups excluding carboxylic acids is 2. The van der Waals surface area contributed by atoms with E-state index in [1.165, 1.54) is 0 Å². The zero-order valence-corrected chi connectivity index (χ0v) is 15.5. The van der Waals surface area contributed by atoms with E-state index in [2.05, 4.69) is 10.6 Å². The maximum absolute atomic E-state index is 12.1. The largest absolute Gasteiger partial charge is 0.497 e. The molecule has 1 aliphatic rings. The number of methoxy groups -OCH3 is 1. The third-order valence-corrected chi connectivity index (χ3v) is 4.15. The molecular weight excluding hydrogens is 348 g/mol. The van der Waals surface area contributed by atoms with Gasteiger partial charge in [0.15, 0.2) is 6.61 Å². The molecule has 0 saturated carbocycles. The number of rotatable bonds is 5. The molecule has 1 heterocycles. The number of anilines is 2. The van der Waals surface area contributed by atoms with E-state index in [9.17, 15) is 9.59 Å². The predicted octanol–water partition coefficient (Wildman–Crippen LogP) is 3.07. The summed E-state index contributed by atoms with van der Waals surface area (Å²) in [7, 11) is 1.58. The summed E-state index contributed by atoms with van der Waals surface area (Å²) in [4.78, 5) is 24.3. The van der Waals surface area contributed by atoms with Gasteiger partial charge in [-0.2, -0.15) is 0 Å². The highest BCUT2D eigenvalue weighted by Crippen LogP contribution is 2.34. The molecule has 0 fully saturated rings. The van der Waals surface area contributed by atoms with Gasteiger partial charge in [0.25, 0.3) is 5.91 Å². The maximum Gasteiger partial charge on any atom is 0.262 e. The molecule has 2 aromatic carbocycles. The monoisotopic (exact) mass is 370 g/mol. The highest BCUT2D eigenvalue weighted by atomic mass is 16.5. The Morgan fingerprint density at radius 3 is 2.59 bits per heavy atom. The Morgan fingerprint density at radius 1 is 1.19 bits per heavy atom. The summed E-state index contributed by atoms with van der Waals surface area (Å²) in [5, 5.41) is 5.59. The number of hydrogen-bond acceptors (Lipinski definition) is 5. The van der Waals surface area contributed by atoms with Crippen molar-refractivity contribution in [3.05, 3.63) is 42.5 Å². The lowest BCUT2D eigenvalue weighted by molar-refractivity contribution is -0.125. The first-order valence-electron chi connectivity index (χ1n) is 8.52. The molecular formula is C20H22N2O5. The lowest BCUT2D eigenvalue weighted by atomic mass is 9.94. The summed E-state index contributed by atoms with van der Waals surface area (Å²) in [5.74, 6) is 1.39. The average Bonchev–Trinajstić information content (AvgIpc) is 2.77. The normalized spacial score (nSPS) is 14.9. The molecule has 2 aromatic rings. The van der Waals surface area contributed by atoms with Crippen molar-refractivity contribution < 1.29 is 23.8 Å². The van der Waals surface area contributed by atoms with Crippen molar-refractivity contribution >= 4 is 23.2 Å². The first-order valence-corrected chi connectivity index (χ1v) is 8.52. The average molecular weight is 370 g/mol. The zero-order valence-electron chi connectivity index (χ0n) is 15.5. The maximum atomic E-state index is 12.1. The molecule has 2 amide bonds. The van der Waals surface area contributed by atoms with E-state index in [4.69, 9.17) is 14.2 Å². The predicted molar refractivity (Wildman–Crippen MR) is 101 cm³/mol. The van der Waals surface area contributed by atoms with Gasteiger partial charge in [0.05, 0.1) is 18.2 Å². The highest BCUT2D eigenvalue weighted by Gasteiger charge is 2.32. The lowest BCUT2D eigenvalue weighted by Gasteiger charge is -2.18. The fourth-order valence-electron chi connectivity index (χ4n) is 2.46. The van der Waals surface area contributed by atoms with E-state index in [0.29, 0.717) is 28.6 Å². The molecule has 7 nitrogen and oxygen atoms in total. The third kappa shape index (κ3) is 4.49. The summed E-state index contributed by atoms with van der Waals surface area (Å²) in [6, 6.07) is 12.1. The van der Waals surface area contributed by atoms with Gasteiger partial charge < -0.3 is 24.8 Å². The molecule has 0 spiro atoms. The Labute approximate surface area is 157 Å². The van der Waals surface area contributed by atoms with E-state index in [-0.39, 0.29) is 25.0 Å². The SMILES string of the molecule is COc1ccc(OCC(=O)Nc2ccc3c(c2)OCC(C)(C)C(=O)N3)cc1. The molecule has 0 bridgehead atoms. The standard InChI is InChI=1S/C20H22N2O5/c1-20(2)12-27-17-10-13(4-9-16(17)22-19(20)24)21-18(23)11-26-15-7-5-14(25-3)6-8-15/h4-10H,11-12H2,1-3H3,(H,21,23)(H,22,24). The lowest BCUT2D eigenvalue weighted by Crippen LogP contribution is -2.33. The molecule has 1 aliphatic heterocycles. The first kappa shape index (κ1) is 18.6. The van der Waals surface area contributed by atoms with Crippen LogP contribution in [0.15, 0.2) is 42.5 Å². The quantitative estimate of drug-likeness (QED) is 0.845. The van der Waals surface area contributed by atoms with Crippen LogP contribution in [0, 0.1) is 5.41 Å². The van der Waals surface area contributed by atoms with Crippen molar-refractivity contribution in [2.24, 2.45) is 5.41 Å². The van der Waals surface area contributed by atoms with Gasteiger partial charge in [-0.1, -0.05) is 0 Å². The second-order valence-electron chi connectivity index (χ2n) is 6.85. The fraction of sp³-hybridized carbons (Fsp3) is 0.300. The number of ether oxygens (including phenoxy) is 3. The van der Waals surface area contributed by atoms with Gasteiger partial charge in [-0.05, 0) is 50.2 Å². The van der Waals surface area contributed by atoms with E-state index in [0.717, 1.165) is 0 Å². The molecule has 0 aliphatic carbocycles. The Hall–Kier alpha value is -3.22. The van der Waals surface area contributed by atoms with Crippen LogP contribution in [0.1, 0.15) is 13.8 Å². The summed E-state index contributed by atoms with van der Waals surface area (Å²) in [5.41, 5.74) is 0.512. The number of benzene rings is 2. The second-order valence-corrected chi connectivity index (χ2v) is 6.85. The van der Waals surface area contributed by atoms with Crippen molar-refractivity contribution in [1.29, 1.82) is 0 Å². The van der Waals surface area contributed by atoms with Gasteiger partial charge in [0.1, 0.15) is 23.9 Å². The third-order valence-electron chi connectivity index (χ3n) is 4.15. The molecule has 27 heavy (non-hydrogen) atoms. The summed E-state index contributed by atoms with van der Waals surface area (Å²) >= 11 is 0. The first-order chi connectivity index (χ1) is 12.9. The Balaban J connectivity index is 1.60. The van der Waals surface area contributed by atoms with Crippen LogP contribution in [0.5, 0.6) is 17.2 Å². The van der Waals surface area contributed by atoms with Crippen molar-refractivity contribution in [3.8, 4) is 17.2 Å².